The van der Waals surface area contributed by atoms with Crippen LogP contribution >= 0.6 is 0 Å². The molecule has 0 bridgehead atoms. The largest absolute Gasteiger partial charge is 0.453 e. The van der Waals surface area contributed by atoms with Crippen LogP contribution in [0.4, 0.5) is 4.79 Å². The topological polar surface area (TPSA) is 38.3 Å². The van der Waals surface area contributed by atoms with Gasteiger partial charge < -0.3 is 10.1 Å². The van der Waals surface area contributed by atoms with E-state index >= 15 is 0 Å². The minimum atomic E-state index is -1.39. The van der Waals surface area contributed by atoms with E-state index < -0.39 is 8.07 Å². The standard InChI is InChI=1S/C9H19NO2Si/c1-6-7-8(13(3,4)5)10-9(11)12-2/h6-8H,1-5H3,(H,10,11)/b7-6+/t8-/m0/s1. The van der Waals surface area contributed by atoms with E-state index in [1.165, 1.54) is 7.11 Å². The number of hydrogen-bond acceptors (Lipinski definition) is 2. The van der Waals surface area contributed by atoms with Crippen LogP contribution in [0.15, 0.2) is 12.2 Å². The fourth-order valence-electron chi connectivity index (χ4n) is 0.932. The van der Waals surface area contributed by atoms with Gasteiger partial charge in [0.1, 0.15) is 0 Å². The van der Waals surface area contributed by atoms with Crippen LogP contribution in [0.25, 0.3) is 0 Å². The van der Waals surface area contributed by atoms with E-state index in [1.54, 1.807) is 0 Å². The molecule has 0 saturated heterocycles. The van der Waals surface area contributed by atoms with Crippen LogP contribution in [0.3, 0.4) is 0 Å². The number of methoxy groups -OCH3 is 1. The normalized spacial score (nSPS) is 14.2. The lowest BCUT2D eigenvalue weighted by Crippen LogP contribution is -2.49. The molecule has 0 radical (unpaired) electrons. The monoisotopic (exact) mass is 201 g/mol. The van der Waals surface area contributed by atoms with Gasteiger partial charge in [-0.15, -0.1) is 0 Å². The number of nitrogens with one attached hydrogen (secondary N) is 1. The van der Waals surface area contributed by atoms with Crippen molar-refractivity contribution in [2.45, 2.75) is 32.2 Å². The first-order valence-corrected chi connectivity index (χ1v) is 7.97. The van der Waals surface area contributed by atoms with Crippen LogP contribution in [-0.4, -0.2) is 26.9 Å². The Hall–Kier alpha value is -0.773. The second kappa shape index (κ2) is 5.06. The van der Waals surface area contributed by atoms with Crippen molar-refractivity contribution in [1.29, 1.82) is 0 Å². The number of alkyl carbamates (subject to hydrolysis) is 1. The van der Waals surface area contributed by atoms with Crippen molar-refractivity contribution >= 4 is 14.2 Å². The molecule has 1 atom stereocenters. The molecule has 0 unspecified atom stereocenters. The Morgan fingerprint density at radius 3 is 2.31 bits per heavy atom. The van der Waals surface area contributed by atoms with E-state index in [-0.39, 0.29) is 11.8 Å². The third-order valence-electron chi connectivity index (χ3n) is 1.78. The summed E-state index contributed by atoms with van der Waals surface area (Å²) in [7, 11) is -0.00420. The van der Waals surface area contributed by atoms with Gasteiger partial charge >= 0.3 is 6.09 Å². The molecule has 76 valence electrons. The molecule has 0 spiro atoms. The van der Waals surface area contributed by atoms with Gasteiger partial charge in [0, 0.05) is 5.67 Å². The van der Waals surface area contributed by atoms with Crippen LogP contribution in [0.2, 0.25) is 19.6 Å². The first-order chi connectivity index (χ1) is 5.91. The van der Waals surface area contributed by atoms with Crippen molar-refractivity contribution in [2.75, 3.05) is 7.11 Å². The lowest BCUT2D eigenvalue weighted by atomic mass is 10.5. The highest BCUT2D eigenvalue weighted by Crippen LogP contribution is 2.09. The Morgan fingerprint density at radius 1 is 1.46 bits per heavy atom. The zero-order valence-electron chi connectivity index (χ0n) is 9.05. The number of rotatable bonds is 3. The fourth-order valence-corrected chi connectivity index (χ4v) is 2.25. The van der Waals surface area contributed by atoms with Gasteiger partial charge in [0.05, 0.1) is 15.2 Å². The van der Waals surface area contributed by atoms with E-state index in [0.717, 1.165) is 0 Å². The highest BCUT2D eigenvalue weighted by Gasteiger charge is 2.25. The fraction of sp³-hybridized carbons (Fsp3) is 0.667. The van der Waals surface area contributed by atoms with Crippen molar-refractivity contribution in [3.8, 4) is 0 Å². The number of amides is 1. The summed E-state index contributed by atoms with van der Waals surface area (Å²) in [6.45, 7) is 8.56. The molecule has 0 aromatic heterocycles. The summed E-state index contributed by atoms with van der Waals surface area (Å²) in [4.78, 5) is 11.0. The lowest BCUT2D eigenvalue weighted by Gasteiger charge is -2.26. The van der Waals surface area contributed by atoms with Gasteiger partial charge in [0.2, 0.25) is 0 Å². The summed E-state index contributed by atoms with van der Waals surface area (Å²) in [6.07, 6.45) is 3.62. The molecule has 4 heteroatoms. The highest BCUT2D eigenvalue weighted by atomic mass is 28.3. The van der Waals surface area contributed by atoms with Crippen LogP contribution in [0.5, 0.6) is 0 Å². The molecule has 0 fully saturated rings. The summed E-state index contributed by atoms with van der Waals surface area (Å²) in [6, 6.07) is 0. The van der Waals surface area contributed by atoms with Crippen LogP contribution in [-0.2, 0) is 4.74 Å². The molecule has 0 saturated carbocycles. The summed E-state index contributed by atoms with van der Waals surface area (Å²) in [5.74, 6) is 0. The second-order valence-electron chi connectivity index (χ2n) is 4.01. The first-order valence-electron chi connectivity index (χ1n) is 4.39. The zero-order chi connectivity index (χ0) is 10.5. The van der Waals surface area contributed by atoms with Gasteiger partial charge in [-0.2, -0.15) is 0 Å². The smallest absolute Gasteiger partial charge is 0.407 e. The van der Waals surface area contributed by atoms with Gasteiger partial charge in [-0.25, -0.2) is 4.79 Å². The molecule has 0 aromatic carbocycles. The van der Waals surface area contributed by atoms with E-state index in [2.05, 4.69) is 29.7 Å². The molecule has 0 aliphatic heterocycles. The number of allylic oxidation sites excluding steroid dienone is 1. The number of carbonyl (C=O) groups is 1. The Labute approximate surface area is 81.2 Å². The number of carbonyl (C=O) groups excluding carboxylic acids is 1. The molecule has 0 aromatic rings. The summed E-state index contributed by atoms with van der Waals surface area (Å²) < 4.78 is 4.56. The van der Waals surface area contributed by atoms with E-state index in [1.807, 2.05) is 19.1 Å². The Morgan fingerprint density at radius 2 is 2.00 bits per heavy atom. The maximum atomic E-state index is 11.0. The lowest BCUT2D eigenvalue weighted by molar-refractivity contribution is 0.171. The zero-order valence-corrected chi connectivity index (χ0v) is 10.0. The van der Waals surface area contributed by atoms with Crippen LogP contribution in [0.1, 0.15) is 6.92 Å². The summed E-state index contributed by atoms with van der Waals surface area (Å²) in [5.41, 5.74) is 0.143. The minimum Gasteiger partial charge on any atom is -0.453 e. The molecule has 13 heavy (non-hydrogen) atoms. The Bertz CT molecular complexity index is 196. The van der Waals surface area contributed by atoms with Gasteiger partial charge in [-0.05, 0) is 6.92 Å². The van der Waals surface area contributed by atoms with E-state index in [4.69, 9.17) is 0 Å². The number of ether oxygens (including phenoxy) is 1. The minimum absolute atomic E-state index is 0.143. The van der Waals surface area contributed by atoms with Gasteiger partial charge in [-0.1, -0.05) is 31.8 Å². The maximum absolute atomic E-state index is 11.0. The molecule has 0 heterocycles. The van der Waals surface area contributed by atoms with Gasteiger partial charge in [0.15, 0.2) is 0 Å². The third-order valence-corrected chi connectivity index (χ3v) is 3.98. The molecule has 1 amide bonds. The van der Waals surface area contributed by atoms with Crippen molar-refractivity contribution < 1.29 is 9.53 Å². The van der Waals surface area contributed by atoms with Crippen molar-refractivity contribution in [2.24, 2.45) is 0 Å². The SMILES string of the molecule is C/C=C/[C@@H](NC(=O)OC)[Si](C)(C)C. The van der Waals surface area contributed by atoms with Gasteiger partial charge in [0.25, 0.3) is 0 Å². The predicted octanol–water partition coefficient (Wildman–Crippen LogP) is 2.16. The maximum Gasteiger partial charge on any atom is 0.407 e. The molecule has 0 aliphatic rings. The van der Waals surface area contributed by atoms with Crippen LogP contribution < -0.4 is 5.32 Å². The highest BCUT2D eigenvalue weighted by molar-refractivity contribution is 6.78. The quantitative estimate of drug-likeness (QED) is 0.561. The summed E-state index contributed by atoms with van der Waals surface area (Å²) in [5, 5.41) is 2.82. The average molecular weight is 201 g/mol. The molecule has 3 nitrogen and oxygen atoms in total. The molecule has 0 aliphatic carbocycles. The van der Waals surface area contributed by atoms with Gasteiger partial charge in [-0.3, -0.25) is 0 Å². The van der Waals surface area contributed by atoms with Crippen LogP contribution in [0, 0.1) is 0 Å². The molecule has 0 rings (SSSR count). The Balaban J connectivity index is 4.36. The summed E-state index contributed by atoms with van der Waals surface area (Å²) >= 11 is 0. The van der Waals surface area contributed by atoms with Crippen molar-refractivity contribution in [3.05, 3.63) is 12.2 Å². The first kappa shape index (κ1) is 12.2. The number of hydrogen-bond donors (Lipinski definition) is 1. The third kappa shape index (κ3) is 4.72. The predicted molar refractivity (Wildman–Crippen MR) is 57.5 cm³/mol. The average Bonchev–Trinajstić information content (AvgIpc) is 2.01. The molecular formula is C9H19NO2Si. The second-order valence-corrected chi connectivity index (χ2v) is 9.36. The molecule has 1 N–H and O–H groups in total. The van der Waals surface area contributed by atoms with E-state index in [0.29, 0.717) is 0 Å². The van der Waals surface area contributed by atoms with Crippen molar-refractivity contribution in [3.63, 3.8) is 0 Å². The van der Waals surface area contributed by atoms with Crippen molar-refractivity contribution in [1.82, 2.24) is 5.32 Å². The van der Waals surface area contributed by atoms with E-state index in [9.17, 15) is 4.79 Å². The Kier molecular flexibility index (Phi) is 4.76. The molecular weight excluding hydrogens is 182 g/mol.